The number of halogens is 1. The Balaban J connectivity index is 0.00000225. The second-order valence-corrected chi connectivity index (χ2v) is 9.48. The van der Waals surface area contributed by atoms with E-state index in [1.54, 1.807) is 0 Å². The van der Waals surface area contributed by atoms with Gasteiger partial charge < -0.3 is 0 Å². The summed E-state index contributed by atoms with van der Waals surface area (Å²) in [5, 5.41) is 0. The van der Waals surface area contributed by atoms with Crippen LogP contribution in [0.5, 0.6) is 0 Å². The van der Waals surface area contributed by atoms with Crippen LogP contribution in [0.25, 0.3) is 0 Å². The van der Waals surface area contributed by atoms with Crippen LogP contribution in [0.2, 0.25) is 4.94 Å². The molecule has 91 valence electrons. The first kappa shape index (κ1) is 16.4. The zero-order valence-corrected chi connectivity index (χ0v) is 14.9. The van der Waals surface area contributed by atoms with Crippen LogP contribution in [0.1, 0.15) is 32.4 Å². The first-order valence-electron chi connectivity index (χ1n) is 5.37. The molecule has 0 aliphatic rings. The van der Waals surface area contributed by atoms with Crippen LogP contribution in [0.3, 0.4) is 0 Å². The third kappa shape index (κ3) is 4.73. The Bertz CT molecular complexity index is 318. The molecule has 1 aromatic rings. The van der Waals surface area contributed by atoms with Gasteiger partial charge in [-0.2, -0.15) is 0 Å². The summed E-state index contributed by atoms with van der Waals surface area (Å²) in [6, 6.07) is 8.53. The topological polar surface area (TPSA) is 35.2 Å². The maximum absolute atomic E-state index is 5.97. The van der Waals surface area contributed by atoms with Gasteiger partial charge in [0.05, 0.1) is 0 Å². The molecular formula is C12H21BrNOSn. The van der Waals surface area contributed by atoms with Gasteiger partial charge >= 0.3 is 100 Å². The van der Waals surface area contributed by atoms with Crippen molar-refractivity contribution in [3.05, 3.63) is 29.8 Å². The molecule has 0 fully saturated rings. The molecule has 1 aromatic carbocycles. The van der Waals surface area contributed by atoms with E-state index in [4.69, 9.17) is 8.81 Å². The van der Waals surface area contributed by atoms with Crippen molar-refractivity contribution in [3.8, 4) is 0 Å². The second-order valence-electron chi connectivity index (χ2n) is 4.10. The molecule has 0 heterocycles. The van der Waals surface area contributed by atoms with Gasteiger partial charge in [0, 0.05) is 0 Å². The van der Waals surface area contributed by atoms with Crippen LogP contribution in [0.15, 0.2) is 24.3 Å². The minimum atomic E-state index is -1.88. The average molecular weight is 394 g/mol. The zero-order chi connectivity index (χ0) is 11.4. The predicted molar refractivity (Wildman–Crippen MR) is 76.8 cm³/mol. The van der Waals surface area contributed by atoms with Crippen molar-refractivity contribution in [2.24, 2.45) is 5.73 Å². The quantitative estimate of drug-likeness (QED) is 0.798. The Morgan fingerprint density at radius 3 is 2.25 bits per heavy atom. The molecule has 0 aliphatic heterocycles. The average Bonchev–Trinajstić information content (AvgIpc) is 2.16. The molecule has 0 saturated carbocycles. The molecule has 0 aromatic heterocycles. The summed E-state index contributed by atoms with van der Waals surface area (Å²) in [6.07, 6.45) is 0.325. The molecular weight excluding hydrogens is 373 g/mol. The van der Waals surface area contributed by atoms with Crippen molar-refractivity contribution in [2.75, 3.05) is 0 Å². The van der Waals surface area contributed by atoms with E-state index in [1.165, 1.54) is 9.14 Å². The van der Waals surface area contributed by atoms with Gasteiger partial charge in [-0.25, -0.2) is 0 Å². The van der Waals surface area contributed by atoms with Crippen molar-refractivity contribution >= 4 is 40.7 Å². The number of hydrogen-bond acceptors (Lipinski definition) is 2. The van der Waals surface area contributed by atoms with E-state index in [9.17, 15) is 0 Å². The van der Waals surface area contributed by atoms with Crippen LogP contribution in [-0.4, -0.2) is 26.3 Å². The Labute approximate surface area is 117 Å². The Morgan fingerprint density at radius 2 is 1.75 bits per heavy atom. The third-order valence-corrected chi connectivity index (χ3v) is 8.06. The zero-order valence-electron chi connectivity index (χ0n) is 10.4. The van der Waals surface area contributed by atoms with Gasteiger partial charge in [0.15, 0.2) is 0 Å². The summed E-state index contributed by atoms with van der Waals surface area (Å²) >= 11 is -1.88. The third-order valence-electron chi connectivity index (χ3n) is 2.24. The fraction of sp³-hybridized carbons (Fsp3) is 0.500. The van der Waals surface area contributed by atoms with Gasteiger partial charge in [0.25, 0.3) is 0 Å². The van der Waals surface area contributed by atoms with E-state index in [0.717, 1.165) is 0 Å². The Hall–Kier alpha value is 0.419. The van der Waals surface area contributed by atoms with Crippen LogP contribution in [-0.2, 0) is 3.07 Å². The molecule has 0 aliphatic carbocycles. The summed E-state index contributed by atoms with van der Waals surface area (Å²) in [4.78, 5) is 2.27. The van der Waals surface area contributed by atoms with Crippen LogP contribution >= 0.6 is 17.0 Å². The molecule has 2 nitrogen and oxygen atoms in total. The molecule has 0 spiro atoms. The number of benzene rings is 1. The Kier molecular flexibility index (Phi) is 7.89. The summed E-state index contributed by atoms with van der Waals surface area (Å²) in [7, 11) is 0. The molecule has 1 atom stereocenters. The molecule has 0 amide bonds. The van der Waals surface area contributed by atoms with E-state index < -0.39 is 20.2 Å². The molecule has 1 radical (unpaired) electrons. The van der Waals surface area contributed by atoms with Crippen molar-refractivity contribution in [2.45, 2.75) is 37.9 Å². The van der Waals surface area contributed by atoms with Crippen molar-refractivity contribution in [1.29, 1.82) is 0 Å². The normalized spacial score (nSPS) is 12.7. The second kappa shape index (κ2) is 7.69. The molecule has 2 N–H and O–H groups in total. The summed E-state index contributed by atoms with van der Waals surface area (Å²) < 4.78 is 7.36. The first-order chi connectivity index (χ1) is 7.02. The van der Waals surface area contributed by atoms with E-state index >= 15 is 0 Å². The van der Waals surface area contributed by atoms with Gasteiger partial charge in [-0.15, -0.1) is 17.0 Å². The number of nitrogens with two attached hydrogens (primary N) is 1. The minimum absolute atomic E-state index is 0. The summed E-state index contributed by atoms with van der Waals surface area (Å²) in [6.45, 7) is 6.22. The maximum atomic E-state index is 5.97. The van der Waals surface area contributed by atoms with E-state index in [-0.39, 0.29) is 23.0 Å². The molecule has 0 saturated heterocycles. The van der Waals surface area contributed by atoms with Gasteiger partial charge in [-0.05, 0) is 0 Å². The van der Waals surface area contributed by atoms with Crippen LogP contribution in [0.4, 0.5) is 0 Å². The molecule has 1 unspecified atom stereocenters. The fourth-order valence-corrected chi connectivity index (χ4v) is 7.00. The van der Waals surface area contributed by atoms with Crippen LogP contribution in [0, 0.1) is 0 Å². The molecule has 1 rings (SSSR count). The van der Waals surface area contributed by atoms with Gasteiger partial charge in [0.2, 0.25) is 0 Å². The van der Waals surface area contributed by atoms with Gasteiger partial charge in [0.1, 0.15) is 0 Å². The fourth-order valence-electron chi connectivity index (χ4n) is 1.63. The van der Waals surface area contributed by atoms with Crippen molar-refractivity contribution in [3.63, 3.8) is 0 Å². The molecule has 16 heavy (non-hydrogen) atoms. The SMILES string of the molecule is Br.CC(C)[O][Sn]([CH3])[c]1ccccc1C(C)N. The summed E-state index contributed by atoms with van der Waals surface area (Å²) in [5.41, 5.74) is 7.22. The monoisotopic (exact) mass is 394 g/mol. The van der Waals surface area contributed by atoms with Crippen LogP contribution < -0.4 is 9.31 Å². The van der Waals surface area contributed by atoms with E-state index in [0.29, 0.717) is 6.10 Å². The van der Waals surface area contributed by atoms with Gasteiger partial charge in [-0.3, -0.25) is 0 Å². The first-order valence-corrected chi connectivity index (χ1v) is 10.8. The summed E-state index contributed by atoms with van der Waals surface area (Å²) in [5.74, 6) is 0. The number of rotatable bonds is 4. The van der Waals surface area contributed by atoms with E-state index in [2.05, 4.69) is 37.0 Å². The van der Waals surface area contributed by atoms with Crippen molar-refractivity contribution < 1.29 is 3.07 Å². The van der Waals surface area contributed by atoms with E-state index in [1.807, 2.05) is 13.0 Å². The Morgan fingerprint density at radius 1 is 1.19 bits per heavy atom. The van der Waals surface area contributed by atoms with Crippen molar-refractivity contribution in [1.82, 2.24) is 0 Å². The predicted octanol–water partition coefficient (Wildman–Crippen LogP) is 2.54. The molecule has 0 bridgehead atoms. The molecule has 4 heteroatoms. The standard InChI is InChI=1S/C8H10N.C3H7O.CH3.BrH.Sn/c1-7(9)8-5-3-2-4-6-8;1-3(2)4;;;/h2-5,7H,9H2,1H3;3H,1-2H3;1H3;1H;/q;-1;;;+1. The van der Waals surface area contributed by atoms with Gasteiger partial charge in [-0.1, -0.05) is 0 Å². The number of hydrogen-bond donors (Lipinski definition) is 1.